The molecule has 0 aromatic heterocycles. The Labute approximate surface area is 147 Å². The van der Waals surface area contributed by atoms with Crippen LogP contribution in [0.2, 0.25) is 0 Å². The second-order valence-corrected chi connectivity index (χ2v) is 6.72. The first-order valence-electron chi connectivity index (χ1n) is 8.99. The van der Waals surface area contributed by atoms with Crippen LogP contribution in [0.4, 0.5) is 5.69 Å². The Kier molecular flexibility index (Phi) is 5.68. The van der Waals surface area contributed by atoms with Crippen molar-refractivity contribution in [3.63, 3.8) is 0 Å². The van der Waals surface area contributed by atoms with Crippen LogP contribution in [0.15, 0.2) is 24.3 Å². The summed E-state index contributed by atoms with van der Waals surface area (Å²) in [5.74, 6) is -0.608. The Morgan fingerprint density at radius 3 is 2.48 bits per heavy atom. The van der Waals surface area contributed by atoms with Gasteiger partial charge in [0.2, 0.25) is 5.91 Å². The highest BCUT2D eigenvalue weighted by molar-refractivity contribution is 5.96. The number of nitrogens with zero attached hydrogens (tertiary/aromatic N) is 1. The van der Waals surface area contributed by atoms with Crippen LogP contribution in [-0.4, -0.2) is 42.4 Å². The zero-order valence-corrected chi connectivity index (χ0v) is 14.3. The van der Waals surface area contributed by atoms with Crippen LogP contribution in [0.25, 0.3) is 0 Å². The SMILES string of the molecule is O=C(OCC(=O)N1CCCCCC1)c1cccc(NC(=O)C2CC2)c1. The van der Waals surface area contributed by atoms with Crippen molar-refractivity contribution in [3.05, 3.63) is 29.8 Å². The molecule has 6 nitrogen and oxygen atoms in total. The molecule has 1 aliphatic heterocycles. The number of hydrogen-bond acceptors (Lipinski definition) is 4. The average molecular weight is 344 g/mol. The first-order valence-corrected chi connectivity index (χ1v) is 8.99. The second-order valence-electron chi connectivity index (χ2n) is 6.72. The van der Waals surface area contributed by atoms with Gasteiger partial charge in [-0.1, -0.05) is 18.9 Å². The Balaban J connectivity index is 1.51. The van der Waals surface area contributed by atoms with E-state index in [1.54, 1.807) is 29.2 Å². The summed E-state index contributed by atoms with van der Waals surface area (Å²) in [5, 5.41) is 2.80. The van der Waals surface area contributed by atoms with E-state index in [1.165, 1.54) is 0 Å². The second kappa shape index (κ2) is 8.14. The van der Waals surface area contributed by atoms with Gasteiger partial charge in [0.15, 0.2) is 6.61 Å². The van der Waals surface area contributed by atoms with Gasteiger partial charge >= 0.3 is 5.97 Å². The molecule has 1 aromatic rings. The molecule has 3 rings (SSSR count). The number of benzene rings is 1. The van der Waals surface area contributed by atoms with E-state index in [4.69, 9.17) is 4.74 Å². The number of rotatable bonds is 5. The lowest BCUT2D eigenvalue weighted by atomic mass is 10.2. The maximum Gasteiger partial charge on any atom is 0.338 e. The van der Waals surface area contributed by atoms with E-state index < -0.39 is 5.97 Å². The van der Waals surface area contributed by atoms with Crippen molar-refractivity contribution in [1.82, 2.24) is 4.90 Å². The van der Waals surface area contributed by atoms with Crippen LogP contribution in [0.5, 0.6) is 0 Å². The van der Waals surface area contributed by atoms with Gasteiger partial charge in [0.05, 0.1) is 5.56 Å². The number of carbonyl (C=O) groups is 3. The van der Waals surface area contributed by atoms with E-state index in [2.05, 4.69) is 5.32 Å². The number of carbonyl (C=O) groups excluding carboxylic acids is 3. The molecule has 25 heavy (non-hydrogen) atoms. The predicted octanol–water partition coefficient (Wildman–Crippen LogP) is 2.59. The third-order valence-electron chi connectivity index (χ3n) is 4.60. The molecular formula is C19H24N2O4. The van der Waals surface area contributed by atoms with Gasteiger partial charge in [0.25, 0.3) is 5.91 Å². The summed E-state index contributed by atoms with van der Waals surface area (Å²) in [4.78, 5) is 37.9. The van der Waals surface area contributed by atoms with E-state index in [1.807, 2.05) is 0 Å². The number of likely N-dealkylation sites (tertiary alicyclic amines) is 1. The molecular weight excluding hydrogens is 320 g/mol. The van der Waals surface area contributed by atoms with Crippen LogP contribution in [0.3, 0.4) is 0 Å². The lowest BCUT2D eigenvalue weighted by molar-refractivity contribution is -0.134. The summed E-state index contributed by atoms with van der Waals surface area (Å²) in [6.07, 6.45) is 6.13. The van der Waals surface area contributed by atoms with Crippen molar-refractivity contribution in [2.45, 2.75) is 38.5 Å². The molecule has 1 saturated heterocycles. The third kappa shape index (κ3) is 5.05. The number of ether oxygens (including phenoxy) is 1. The van der Waals surface area contributed by atoms with Gasteiger partial charge in [-0.05, 0) is 43.9 Å². The van der Waals surface area contributed by atoms with E-state index in [0.29, 0.717) is 11.3 Å². The summed E-state index contributed by atoms with van der Waals surface area (Å²) in [7, 11) is 0. The van der Waals surface area contributed by atoms with Crippen molar-refractivity contribution in [2.75, 3.05) is 25.0 Å². The highest BCUT2D eigenvalue weighted by Crippen LogP contribution is 2.30. The Morgan fingerprint density at radius 1 is 1.08 bits per heavy atom. The lowest BCUT2D eigenvalue weighted by Crippen LogP contribution is -2.35. The smallest absolute Gasteiger partial charge is 0.338 e. The molecule has 0 radical (unpaired) electrons. The topological polar surface area (TPSA) is 75.7 Å². The minimum Gasteiger partial charge on any atom is -0.452 e. The summed E-state index contributed by atoms with van der Waals surface area (Å²) in [6.45, 7) is 1.23. The van der Waals surface area contributed by atoms with Crippen molar-refractivity contribution >= 4 is 23.5 Å². The lowest BCUT2D eigenvalue weighted by Gasteiger charge is -2.19. The van der Waals surface area contributed by atoms with Gasteiger partial charge in [0, 0.05) is 24.7 Å². The molecule has 134 valence electrons. The van der Waals surface area contributed by atoms with Gasteiger partial charge < -0.3 is 15.0 Å². The van der Waals surface area contributed by atoms with Gasteiger partial charge in [0.1, 0.15) is 0 Å². The summed E-state index contributed by atoms with van der Waals surface area (Å²) in [6, 6.07) is 6.62. The molecule has 2 aliphatic rings. The normalized spacial score (nSPS) is 17.5. The van der Waals surface area contributed by atoms with Crippen LogP contribution in [0, 0.1) is 5.92 Å². The fourth-order valence-corrected chi connectivity index (χ4v) is 2.94. The number of amides is 2. The zero-order valence-electron chi connectivity index (χ0n) is 14.3. The molecule has 0 atom stereocenters. The molecule has 2 fully saturated rings. The summed E-state index contributed by atoms with van der Waals surface area (Å²) >= 11 is 0. The van der Waals surface area contributed by atoms with Gasteiger partial charge in [-0.25, -0.2) is 4.79 Å². The Bertz CT molecular complexity index is 647. The van der Waals surface area contributed by atoms with Crippen LogP contribution in [-0.2, 0) is 14.3 Å². The molecule has 0 unspecified atom stereocenters. The van der Waals surface area contributed by atoms with E-state index in [0.717, 1.165) is 51.6 Å². The molecule has 1 N–H and O–H groups in total. The molecule has 0 spiro atoms. The van der Waals surface area contributed by atoms with Crippen molar-refractivity contribution in [2.24, 2.45) is 5.92 Å². The minimum absolute atomic E-state index is 0.0122. The minimum atomic E-state index is -0.550. The Morgan fingerprint density at radius 2 is 1.80 bits per heavy atom. The van der Waals surface area contributed by atoms with Crippen LogP contribution >= 0.6 is 0 Å². The molecule has 0 bridgehead atoms. The van der Waals surface area contributed by atoms with Crippen molar-refractivity contribution < 1.29 is 19.1 Å². The molecule has 1 saturated carbocycles. The molecule has 1 aliphatic carbocycles. The first-order chi connectivity index (χ1) is 12.1. The van der Waals surface area contributed by atoms with Gasteiger partial charge in [-0.3, -0.25) is 9.59 Å². The predicted molar refractivity (Wildman–Crippen MR) is 93.1 cm³/mol. The van der Waals surface area contributed by atoms with E-state index >= 15 is 0 Å². The number of nitrogens with one attached hydrogen (secondary N) is 1. The monoisotopic (exact) mass is 344 g/mol. The third-order valence-corrected chi connectivity index (χ3v) is 4.60. The maximum atomic E-state index is 12.2. The number of esters is 1. The number of anilines is 1. The fraction of sp³-hybridized carbons (Fsp3) is 0.526. The highest BCUT2D eigenvalue weighted by atomic mass is 16.5. The van der Waals surface area contributed by atoms with E-state index in [9.17, 15) is 14.4 Å². The molecule has 6 heteroatoms. The first kappa shape index (κ1) is 17.5. The van der Waals surface area contributed by atoms with Crippen molar-refractivity contribution in [1.29, 1.82) is 0 Å². The summed E-state index contributed by atoms with van der Waals surface area (Å²) in [5.41, 5.74) is 0.905. The van der Waals surface area contributed by atoms with Crippen LogP contribution < -0.4 is 5.32 Å². The van der Waals surface area contributed by atoms with Gasteiger partial charge in [-0.2, -0.15) is 0 Å². The van der Waals surface area contributed by atoms with Gasteiger partial charge in [-0.15, -0.1) is 0 Å². The number of hydrogen-bond donors (Lipinski definition) is 1. The standard InChI is InChI=1S/C19H24N2O4/c22-17(21-10-3-1-2-4-11-21)13-25-19(24)15-6-5-7-16(12-15)20-18(23)14-8-9-14/h5-7,12,14H,1-4,8-11,13H2,(H,20,23). The fourth-order valence-electron chi connectivity index (χ4n) is 2.94. The van der Waals surface area contributed by atoms with Crippen LogP contribution in [0.1, 0.15) is 48.9 Å². The quantitative estimate of drug-likeness (QED) is 0.833. The summed E-state index contributed by atoms with van der Waals surface area (Å²) < 4.78 is 5.16. The van der Waals surface area contributed by atoms with E-state index in [-0.39, 0.29) is 24.3 Å². The molecule has 1 aromatic carbocycles. The van der Waals surface area contributed by atoms with Crippen molar-refractivity contribution in [3.8, 4) is 0 Å². The highest BCUT2D eigenvalue weighted by Gasteiger charge is 2.29. The average Bonchev–Trinajstić information content (AvgIpc) is 3.46. The molecule has 2 amide bonds. The Hall–Kier alpha value is -2.37. The maximum absolute atomic E-state index is 12.2. The zero-order chi connectivity index (χ0) is 17.6. The molecule has 1 heterocycles. The largest absolute Gasteiger partial charge is 0.452 e.